The molecule has 0 aromatic heterocycles. The molecule has 0 radical (unpaired) electrons. The Hall–Kier alpha value is -2.12. The number of para-hydroxylation sites is 2. The number of hydrazine groups is 1. The highest BCUT2D eigenvalue weighted by molar-refractivity contribution is 6.01. The lowest BCUT2D eigenvalue weighted by atomic mass is 10.2. The number of hydrogen-bond acceptors (Lipinski definition) is 6. The Bertz CT molecular complexity index is 463. The second-order valence-corrected chi connectivity index (χ2v) is 3.83. The monoisotopic (exact) mass is 250 g/mol. The number of anilines is 2. The summed E-state index contributed by atoms with van der Waals surface area (Å²) in [5.74, 6) is 4.30. The molecular formula is C11H14N4O3. The fourth-order valence-corrected chi connectivity index (χ4v) is 1.85. The van der Waals surface area contributed by atoms with Gasteiger partial charge in [-0.3, -0.25) is 9.59 Å². The van der Waals surface area contributed by atoms with Gasteiger partial charge >= 0.3 is 5.97 Å². The molecule has 1 amide bonds. The molecule has 1 aliphatic heterocycles. The molecule has 7 nitrogen and oxygen atoms in total. The van der Waals surface area contributed by atoms with E-state index in [0.717, 1.165) is 11.4 Å². The Morgan fingerprint density at radius 2 is 2.28 bits per heavy atom. The predicted octanol–water partition coefficient (Wildman–Crippen LogP) is -0.243. The number of nitrogens with zero attached hydrogens (tertiary/aromatic N) is 1. The zero-order valence-electron chi connectivity index (χ0n) is 9.68. The van der Waals surface area contributed by atoms with Crippen molar-refractivity contribution < 1.29 is 14.4 Å². The fourth-order valence-electron chi connectivity index (χ4n) is 1.85. The number of carbonyl (C=O) groups excluding carboxylic acids is 2. The van der Waals surface area contributed by atoms with Crippen molar-refractivity contribution in [2.24, 2.45) is 5.84 Å². The van der Waals surface area contributed by atoms with Crippen molar-refractivity contribution in [1.29, 1.82) is 0 Å². The van der Waals surface area contributed by atoms with Gasteiger partial charge in [-0.1, -0.05) is 17.7 Å². The van der Waals surface area contributed by atoms with Crippen LogP contribution in [0, 0.1) is 0 Å². The molecule has 0 bridgehead atoms. The minimum Gasteiger partial charge on any atom is -0.360 e. The second-order valence-electron chi connectivity index (χ2n) is 3.83. The lowest BCUT2D eigenvalue weighted by molar-refractivity contribution is -0.151. The SMILES string of the molecule is NNOC(=O)CCN1CC(=O)Nc2ccccc21. The number of amides is 1. The van der Waals surface area contributed by atoms with Gasteiger partial charge in [-0.25, -0.2) is 5.84 Å². The molecule has 96 valence electrons. The Morgan fingerprint density at radius 1 is 1.50 bits per heavy atom. The van der Waals surface area contributed by atoms with Crippen LogP contribution >= 0.6 is 0 Å². The van der Waals surface area contributed by atoms with Crippen LogP contribution in [0.2, 0.25) is 0 Å². The van der Waals surface area contributed by atoms with E-state index in [-0.39, 0.29) is 18.9 Å². The number of rotatable bonds is 4. The van der Waals surface area contributed by atoms with Gasteiger partial charge in [0.2, 0.25) is 5.91 Å². The van der Waals surface area contributed by atoms with Crippen LogP contribution < -0.4 is 21.6 Å². The summed E-state index contributed by atoms with van der Waals surface area (Å²) < 4.78 is 0. The molecule has 0 atom stereocenters. The molecular weight excluding hydrogens is 236 g/mol. The van der Waals surface area contributed by atoms with Gasteiger partial charge in [0.15, 0.2) is 0 Å². The van der Waals surface area contributed by atoms with Crippen LogP contribution in [0.1, 0.15) is 6.42 Å². The highest BCUT2D eigenvalue weighted by Crippen LogP contribution is 2.28. The Balaban J connectivity index is 2.05. The van der Waals surface area contributed by atoms with E-state index in [1.54, 1.807) is 0 Å². The van der Waals surface area contributed by atoms with Crippen molar-refractivity contribution in [3.05, 3.63) is 24.3 Å². The van der Waals surface area contributed by atoms with Gasteiger partial charge in [0, 0.05) is 6.54 Å². The second kappa shape index (κ2) is 5.48. The fraction of sp³-hybridized carbons (Fsp3) is 0.273. The first-order valence-electron chi connectivity index (χ1n) is 5.50. The molecule has 0 fully saturated rings. The third-order valence-corrected chi connectivity index (χ3v) is 2.61. The first-order valence-corrected chi connectivity index (χ1v) is 5.50. The summed E-state index contributed by atoms with van der Waals surface area (Å²) in [4.78, 5) is 28.9. The van der Waals surface area contributed by atoms with E-state index in [1.807, 2.05) is 34.8 Å². The minimum atomic E-state index is -0.471. The van der Waals surface area contributed by atoms with Crippen molar-refractivity contribution in [2.75, 3.05) is 23.3 Å². The first-order chi connectivity index (χ1) is 8.70. The van der Waals surface area contributed by atoms with Gasteiger partial charge in [-0.15, -0.1) is 0 Å². The van der Waals surface area contributed by atoms with E-state index in [2.05, 4.69) is 10.2 Å². The summed E-state index contributed by atoms with van der Waals surface area (Å²) in [6.07, 6.45) is 0.145. The summed E-state index contributed by atoms with van der Waals surface area (Å²) >= 11 is 0. The van der Waals surface area contributed by atoms with Crippen molar-refractivity contribution >= 4 is 23.3 Å². The molecule has 1 heterocycles. The molecule has 0 saturated heterocycles. The average Bonchev–Trinajstić information content (AvgIpc) is 2.36. The van der Waals surface area contributed by atoms with Gasteiger partial charge in [-0.05, 0) is 12.1 Å². The van der Waals surface area contributed by atoms with Crippen LogP contribution in [0.5, 0.6) is 0 Å². The smallest absolute Gasteiger partial charge is 0.328 e. The zero-order chi connectivity index (χ0) is 13.0. The van der Waals surface area contributed by atoms with E-state index >= 15 is 0 Å². The number of fused-ring (bicyclic) bond motifs is 1. The average molecular weight is 250 g/mol. The normalized spacial score (nSPS) is 13.8. The molecule has 2 rings (SSSR count). The van der Waals surface area contributed by atoms with Crippen LogP contribution in [0.25, 0.3) is 0 Å². The van der Waals surface area contributed by atoms with Gasteiger partial charge in [0.25, 0.3) is 0 Å². The van der Waals surface area contributed by atoms with Crippen molar-refractivity contribution in [3.8, 4) is 0 Å². The van der Waals surface area contributed by atoms with Crippen molar-refractivity contribution in [3.63, 3.8) is 0 Å². The van der Waals surface area contributed by atoms with Gasteiger partial charge < -0.3 is 15.1 Å². The minimum absolute atomic E-state index is 0.0981. The first kappa shape index (κ1) is 12.3. The number of nitrogens with one attached hydrogen (secondary N) is 2. The Labute approximate surface area is 104 Å². The van der Waals surface area contributed by atoms with E-state index in [1.165, 1.54) is 0 Å². The summed E-state index contributed by atoms with van der Waals surface area (Å²) in [5.41, 5.74) is 3.48. The summed E-state index contributed by atoms with van der Waals surface area (Å²) in [7, 11) is 0. The van der Waals surface area contributed by atoms with Crippen LogP contribution in [0.3, 0.4) is 0 Å². The quantitative estimate of drug-likeness (QED) is 0.504. The standard InChI is InChI=1S/C11H14N4O3/c12-14-18-11(17)5-6-15-7-10(16)13-8-3-1-2-4-9(8)15/h1-4,14H,5-7,12H2,(H,13,16). The van der Waals surface area contributed by atoms with E-state index in [0.29, 0.717) is 6.54 Å². The molecule has 0 unspecified atom stereocenters. The lowest BCUT2D eigenvalue weighted by Crippen LogP contribution is -2.39. The van der Waals surface area contributed by atoms with Crippen LogP contribution in [0.4, 0.5) is 11.4 Å². The maximum absolute atomic E-state index is 11.5. The molecule has 7 heteroatoms. The van der Waals surface area contributed by atoms with Crippen LogP contribution in [-0.4, -0.2) is 25.0 Å². The number of carbonyl (C=O) groups is 2. The zero-order valence-corrected chi connectivity index (χ0v) is 9.68. The molecule has 4 N–H and O–H groups in total. The predicted molar refractivity (Wildman–Crippen MR) is 65.3 cm³/mol. The van der Waals surface area contributed by atoms with Gasteiger partial charge in [0.05, 0.1) is 24.3 Å². The highest BCUT2D eigenvalue weighted by atomic mass is 16.7. The topological polar surface area (TPSA) is 96.7 Å². The maximum Gasteiger partial charge on any atom is 0.328 e. The molecule has 18 heavy (non-hydrogen) atoms. The van der Waals surface area contributed by atoms with E-state index in [4.69, 9.17) is 5.84 Å². The number of nitrogens with two attached hydrogens (primary N) is 1. The summed E-state index contributed by atoms with van der Waals surface area (Å²) in [6.45, 7) is 0.616. The molecule has 1 aromatic rings. The van der Waals surface area contributed by atoms with E-state index in [9.17, 15) is 9.59 Å². The van der Waals surface area contributed by atoms with Crippen LogP contribution in [-0.2, 0) is 14.4 Å². The highest BCUT2D eigenvalue weighted by Gasteiger charge is 2.21. The maximum atomic E-state index is 11.5. The molecule has 0 spiro atoms. The van der Waals surface area contributed by atoms with Gasteiger partial charge in [-0.2, -0.15) is 0 Å². The summed E-state index contributed by atoms with van der Waals surface area (Å²) in [6, 6.07) is 7.43. The Kier molecular flexibility index (Phi) is 3.75. The molecule has 0 aliphatic carbocycles. The number of benzene rings is 1. The molecule has 1 aliphatic rings. The largest absolute Gasteiger partial charge is 0.360 e. The third-order valence-electron chi connectivity index (χ3n) is 2.61. The van der Waals surface area contributed by atoms with Crippen LogP contribution in [0.15, 0.2) is 24.3 Å². The lowest BCUT2D eigenvalue weighted by Gasteiger charge is -2.30. The Morgan fingerprint density at radius 3 is 3.06 bits per heavy atom. The van der Waals surface area contributed by atoms with E-state index < -0.39 is 5.97 Å². The van der Waals surface area contributed by atoms with Crippen molar-refractivity contribution in [1.82, 2.24) is 5.59 Å². The number of hydrogen-bond donors (Lipinski definition) is 3. The molecule has 0 saturated carbocycles. The third kappa shape index (κ3) is 2.76. The van der Waals surface area contributed by atoms with Gasteiger partial charge in [0.1, 0.15) is 0 Å². The molecule has 1 aromatic carbocycles. The summed E-state index contributed by atoms with van der Waals surface area (Å²) in [5, 5.41) is 2.77. The van der Waals surface area contributed by atoms with Crippen molar-refractivity contribution in [2.45, 2.75) is 6.42 Å².